The second-order valence-corrected chi connectivity index (χ2v) is 8.84. The molecule has 2 N–H and O–H groups in total. The largest absolute Gasteiger partial charge is 0.416 e. The number of rotatable bonds is 8. The fourth-order valence-electron chi connectivity index (χ4n) is 4.29. The minimum absolute atomic E-state index is 0.175. The molecule has 0 saturated carbocycles. The zero-order valence-electron chi connectivity index (χ0n) is 20.4. The molecular weight excluding hydrogens is 452 g/mol. The smallest absolute Gasteiger partial charge is 0.377 e. The molecular formula is C29H32F4N2. The van der Waals surface area contributed by atoms with Crippen molar-refractivity contribution in [3.8, 4) is 0 Å². The number of nitrogens with one attached hydrogen (secondary N) is 2. The van der Waals surface area contributed by atoms with Crippen molar-refractivity contribution >= 4 is 11.6 Å². The van der Waals surface area contributed by atoms with Crippen molar-refractivity contribution in [3.63, 3.8) is 0 Å². The molecule has 3 rings (SSSR count). The van der Waals surface area contributed by atoms with Crippen molar-refractivity contribution in [2.75, 3.05) is 0 Å². The summed E-state index contributed by atoms with van der Waals surface area (Å²) in [7, 11) is 0. The molecule has 6 heteroatoms. The second kappa shape index (κ2) is 11.4. The Balaban J connectivity index is 1.87. The Morgan fingerprint density at radius 2 is 1.91 bits per heavy atom. The van der Waals surface area contributed by atoms with E-state index < -0.39 is 11.7 Å². The van der Waals surface area contributed by atoms with E-state index in [4.69, 9.17) is 0 Å². The summed E-state index contributed by atoms with van der Waals surface area (Å²) in [4.78, 5) is 0. The van der Waals surface area contributed by atoms with Gasteiger partial charge in [0.25, 0.3) is 0 Å². The van der Waals surface area contributed by atoms with Gasteiger partial charge in [0, 0.05) is 17.6 Å². The van der Waals surface area contributed by atoms with Crippen LogP contribution in [0.4, 0.5) is 17.6 Å². The molecule has 35 heavy (non-hydrogen) atoms. The third-order valence-electron chi connectivity index (χ3n) is 6.14. The predicted octanol–water partition coefficient (Wildman–Crippen LogP) is 8.05. The molecule has 0 bridgehead atoms. The molecule has 0 fully saturated rings. The lowest BCUT2D eigenvalue weighted by Gasteiger charge is -2.23. The average molecular weight is 485 g/mol. The molecule has 0 spiro atoms. The number of aryl methyl sites for hydroxylation is 1. The van der Waals surface area contributed by atoms with Gasteiger partial charge in [-0.3, -0.25) is 0 Å². The van der Waals surface area contributed by atoms with Crippen molar-refractivity contribution in [2.24, 2.45) is 0 Å². The minimum atomic E-state index is -4.40. The Morgan fingerprint density at radius 1 is 1.14 bits per heavy atom. The molecule has 0 amide bonds. The van der Waals surface area contributed by atoms with Crippen molar-refractivity contribution in [1.82, 2.24) is 10.6 Å². The van der Waals surface area contributed by atoms with Gasteiger partial charge in [-0.05, 0) is 67.5 Å². The molecule has 2 aliphatic heterocycles. The minimum Gasteiger partial charge on any atom is -0.377 e. The van der Waals surface area contributed by atoms with Crippen LogP contribution in [0.1, 0.15) is 56.7 Å². The van der Waals surface area contributed by atoms with Crippen molar-refractivity contribution in [1.29, 1.82) is 0 Å². The highest BCUT2D eigenvalue weighted by Gasteiger charge is 2.30. The van der Waals surface area contributed by atoms with E-state index in [1.54, 1.807) is 12.2 Å². The zero-order valence-corrected chi connectivity index (χ0v) is 20.4. The topological polar surface area (TPSA) is 24.1 Å². The van der Waals surface area contributed by atoms with Gasteiger partial charge in [0.1, 0.15) is 5.83 Å². The molecule has 0 radical (unpaired) electrons. The second-order valence-electron chi connectivity index (χ2n) is 8.84. The van der Waals surface area contributed by atoms with Gasteiger partial charge in [-0.15, -0.1) is 0 Å². The van der Waals surface area contributed by atoms with E-state index in [0.29, 0.717) is 6.42 Å². The van der Waals surface area contributed by atoms with Crippen LogP contribution in [0.2, 0.25) is 0 Å². The molecule has 1 unspecified atom stereocenters. The Labute approximate surface area is 205 Å². The fraction of sp³-hybridized carbons (Fsp3) is 0.310. The SMILES string of the molecule is C=C/C(=C\C=C(/CCC)CCc1ccc2c(c1)C(C)=C(C1C=CC(F)=CN1)NC(C)=C2)C(F)(F)F. The summed E-state index contributed by atoms with van der Waals surface area (Å²) in [6, 6.07) is 6.12. The summed E-state index contributed by atoms with van der Waals surface area (Å²) in [6.45, 7) is 9.34. The van der Waals surface area contributed by atoms with Gasteiger partial charge >= 0.3 is 6.18 Å². The number of hydrogen-bond donors (Lipinski definition) is 2. The van der Waals surface area contributed by atoms with E-state index in [2.05, 4.69) is 41.5 Å². The maximum atomic E-state index is 13.4. The molecule has 0 aliphatic carbocycles. The van der Waals surface area contributed by atoms with Crippen LogP contribution >= 0.6 is 0 Å². The summed E-state index contributed by atoms with van der Waals surface area (Å²) in [5.41, 5.74) is 6.51. The Hall–Kier alpha value is -3.28. The molecule has 186 valence electrons. The number of alkyl halides is 3. The average Bonchev–Trinajstić information content (AvgIpc) is 2.93. The van der Waals surface area contributed by atoms with Gasteiger partial charge in [0.2, 0.25) is 0 Å². The summed E-state index contributed by atoms with van der Waals surface area (Å²) < 4.78 is 52.6. The van der Waals surface area contributed by atoms with Crippen LogP contribution < -0.4 is 10.6 Å². The van der Waals surface area contributed by atoms with Crippen LogP contribution in [-0.4, -0.2) is 12.2 Å². The predicted molar refractivity (Wildman–Crippen MR) is 137 cm³/mol. The zero-order chi connectivity index (χ0) is 25.6. The highest BCUT2D eigenvalue weighted by atomic mass is 19.4. The molecule has 1 aromatic rings. The summed E-state index contributed by atoms with van der Waals surface area (Å²) in [6.07, 6.45) is 8.83. The van der Waals surface area contributed by atoms with Crippen molar-refractivity contribution < 1.29 is 17.6 Å². The Kier molecular flexibility index (Phi) is 8.60. The van der Waals surface area contributed by atoms with Gasteiger partial charge in [-0.2, -0.15) is 13.2 Å². The van der Waals surface area contributed by atoms with E-state index >= 15 is 0 Å². The summed E-state index contributed by atoms with van der Waals surface area (Å²) in [5.74, 6) is -0.315. The number of fused-ring (bicyclic) bond motifs is 1. The lowest BCUT2D eigenvalue weighted by molar-refractivity contribution is -0.0881. The van der Waals surface area contributed by atoms with Gasteiger partial charge in [0.15, 0.2) is 0 Å². The Bertz CT molecular complexity index is 1140. The first-order chi connectivity index (χ1) is 16.6. The molecule has 2 heterocycles. The van der Waals surface area contributed by atoms with E-state index in [-0.39, 0.29) is 11.9 Å². The quantitative estimate of drug-likeness (QED) is 0.288. The molecule has 0 saturated heterocycles. The number of hydrogen-bond acceptors (Lipinski definition) is 2. The van der Waals surface area contributed by atoms with Gasteiger partial charge in [-0.25, -0.2) is 4.39 Å². The van der Waals surface area contributed by atoms with E-state index in [1.165, 1.54) is 12.3 Å². The van der Waals surface area contributed by atoms with Crippen molar-refractivity contribution in [2.45, 2.75) is 58.7 Å². The van der Waals surface area contributed by atoms with Crippen molar-refractivity contribution in [3.05, 3.63) is 106 Å². The maximum absolute atomic E-state index is 13.4. The normalized spacial score (nSPS) is 18.8. The number of dihydropyridines is 1. The molecule has 1 atom stereocenters. The highest BCUT2D eigenvalue weighted by Crippen LogP contribution is 2.31. The van der Waals surface area contributed by atoms with E-state index in [9.17, 15) is 17.6 Å². The van der Waals surface area contributed by atoms with Gasteiger partial charge in [-0.1, -0.05) is 68.0 Å². The van der Waals surface area contributed by atoms with Crippen LogP contribution in [0, 0.1) is 0 Å². The summed E-state index contributed by atoms with van der Waals surface area (Å²) >= 11 is 0. The van der Waals surface area contributed by atoms with Crippen LogP contribution in [0.3, 0.4) is 0 Å². The molecule has 1 aromatic carbocycles. The lowest BCUT2D eigenvalue weighted by Crippen LogP contribution is -2.33. The van der Waals surface area contributed by atoms with E-state index in [0.717, 1.165) is 70.6 Å². The van der Waals surface area contributed by atoms with Gasteiger partial charge < -0.3 is 10.6 Å². The van der Waals surface area contributed by atoms with Gasteiger partial charge in [0.05, 0.1) is 11.6 Å². The highest BCUT2D eigenvalue weighted by molar-refractivity contribution is 5.79. The third-order valence-corrected chi connectivity index (χ3v) is 6.14. The van der Waals surface area contributed by atoms with Crippen LogP contribution in [0.5, 0.6) is 0 Å². The standard InChI is InChI=1S/C29H32F4N2/c1-5-7-21(11-13-24(6-2)29(31,32)33)8-9-22-10-12-23-16-19(3)35-28(20(4)26(23)17-22)27-15-14-25(30)18-34-27/h6,10-18,27,34-35H,2,5,7-9H2,1,3-4H3/b21-11+,24-13+. The Morgan fingerprint density at radius 3 is 2.54 bits per heavy atom. The number of allylic oxidation sites excluding steroid dienone is 9. The number of benzene rings is 1. The van der Waals surface area contributed by atoms with Crippen LogP contribution in [-0.2, 0) is 6.42 Å². The number of halogens is 4. The third kappa shape index (κ3) is 6.87. The van der Waals surface area contributed by atoms with Crippen LogP contribution in [0.25, 0.3) is 11.6 Å². The molecule has 2 nitrogen and oxygen atoms in total. The van der Waals surface area contributed by atoms with E-state index in [1.807, 2.05) is 20.8 Å². The first kappa shape index (κ1) is 26.3. The molecule has 2 aliphatic rings. The first-order valence-corrected chi connectivity index (χ1v) is 11.8. The summed E-state index contributed by atoms with van der Waals surface area (Å²) in [5, 5.41) is 6.54. The van der Waals surface area contributed by atoms with Crippen LogP contribution in [0.15, 0.2) is 89.7 Å². The fourth-order valence-corrected chi connectivity index (χ4v) is 4.29. The first-order valence-electron chi connectivity index (χ1n) is 11.8. The monoisotopic (exact) mass is 484 g/mol. The molecule has 0 aromatic heterocycles. The maximum Gasteiger partial charge on any atom is 0.416 e. The lowest BCUT2D eigenvalue weighted by atomic mass is 9.93.